The van der Waals surface area contributed by atoms with Crippen LogP contribution in [0.3, 0.4) is 0 Å². The minimum atomic E-state index is -0.297. The molecule has 1 atom stereocenters. The summed E-state index contributed by atoms with van der Waals surface area (Å²) in [6, 6.07) is 1.40. The third-order valence-electron chi connectivity index (χ3n) is 2.61. The molecule has 0 saturated heterocycles. The van der Waals surface area contributed by atoms with Crippen molar-refractivity contribution in [3.05, 3.63) is 21.9 Å². The number of carbonyl (C=O) groups is 1. The second-order valence-corrected chi connectivity index (χ2v) is 5.68. The van der Waals surface area contributed by atoms with Crippen LogP contribution in [0.5, 0.6) is 0 Å². The van der Waals surface area contributed by atoms with Gasteiger partial charge >= 0.3 is 0 Å². The van der Waals surface area contributed by atoms with E-state index in [0.717, 1.165) is 0 Å². The summed E-state index contributed by atoms with van der Waals surface area (Å²) in [6.07, 6.45) is 0. The van der Waals surface area contributed by atoms with Crippen molar-refractivity contribution in [1.82, 2.24) is 15.5 Å². The van der Waals surface area contributed by atoms with E-state index in [1.807, 2.05) is 27.7 Å². The molecule has 0 aliphatic rings. The van der Waals surface area contributed by atoms with Crippen LogP contribution in [0.1, 0.15) is 38.1 Å². The summed E-state index contributed by atoms with van der Waals surface area (Å²) in [7, 11) is 0. The number of aromatic nitrogens is 2. The van der Waals surface area contributed by atoms with Crippen LogP contribution in [-0.2, 0) is 0 Å². The lowest BCUT2D eigenvalue weighted by molar-refractivity contribution is 0.0909. The summed E-state index contributed by atoms with van der Waals surface area (Å²) in [6.45, 7) is 8.05. The number of amides is 1. The molecule has 0 fully saturated rings. The van der Waals surface area contributed by atoms with E-state index in [1.54, 1.807) is 0 Å². The molecular formula is C11H15Cl2N3O. The molecule has 94 valence electrons. The van der Waals surface area contributed by atoms with E-state index in [9.17, 15) is 4.79 Å². The van der Waals surface area contributed by atoms with Crippen LogP contribution >= 0.6 is 23.2 Å². The van der Waals surface area contributed by atoms with E-state index in [-0.39, 0.29) is 33.2 Å². The zero-order chi connectivity index (χ0) is 13.2. The largest absolute Gasteiger partial charge is 0.349 e. The lowest BCUT2D eigenvalue weighted by atomic mass is 9.88. The molecule has 1 amide bonds. The van der Waals surface area contributed by atoms with Gasteiger partial charge in [-0.25, -0.2) is 0 Å². The molecule has 1 unspecified atom stereocenters. The van der Waals surface area contributed by atoms with Crippen molar-refractivity contribution in [3.8, 4) is 0 Å². The first-order valence-electron chi connectivity index (χ1n) is 5.21. The summed E-state index contributed by atoms with van der Waals surface area (Å²) < 4.78 is 0. The van der Waals surface area contributed by atoms with Crippen molar-refractivity contribution >= 4 is 29.1 Å². The van der Waals surface area contributed by atoms with Crippen LogP contribution in [-0.4, -0.2) is 22.1 Å². The first-order valence-corrected chi connectivity index (χ1v) is 5.97. The van der Waals surface area contributed by atoms with Gasteiger partial charge in [0.05, 0.1) is 5.56 Å². The quantitative estimate of drug-likeness (QED) is 0.903. The molecular weight excluding hydrogens is 261 g/mol. The molecule has 0 bridgehead atoms. The Labute approximate surface area is 111 Å². The monoisotopic (exact) mass is 275 g/mol. The molecule has 0 aromatic carbocycles. The molecule has 0 radical (unpaired) electrons. The second kappa shape index (κ2) is 5.19. The van der Waals surface area contributed by atoms with E-state index < -0.39 is 0 Å². The zero-order valence-electron chi connectivity index (χ0n) is 10.2. The number of hydrogen-bond acceptors (Lipinski definition) is 3. The Balaban J connectivity index is 2.87. The summed E-state index contributed by atoms with van der Waals surface area (Å²) >= 11 is 11.5. The fraction of sp³-hybridized carbons (Fsp3) is 0.545. The Morgan fingerprint density at radius 2 is 1.94 bits per heavy atom. The van der Waals surface area contributed by atoms with Gasteiger partial charge < -0.3 is 5.32 Å². The van der Waals surface area contributed by atoms with Gasteiger partial charge in [-0.2, -0.15) is 0 Å². The van der Waals surface area contributed by atoms with Crippen molar-refractivity contribution in [1.29, 1.82) is 0 Å². The first kappa shape index (κ1) is 14.2. The highest BCUT2D eigenvalue weighted by Gasteiger charge is 2.23. The van der Waals surface area contributed by atoms with Crippen LogP contribution in [0.4, 0.5) is 0 Å². The Kier molecular flexibility index (Phi) is 4.33. The molecule has 1 N–H and O–H groups in total. The molecule has 6 heteroatoms. The van der Waals surface area contributed by atoms with E-state index in [0.29, 0.717) is 0 Å². The van der Waals surface area contributed by atoms with E-state index in [1.165, 1.54) is 6.07 Å². The van der Waals surface area contributed by atoms with Gasteiger partial charge in [-0.1, -0.05) is 44.0 Å². The van der Waals surface area contributed by atoms with Crippen LogP contribution < -0.4 is 5.32 Å². The standard InChI is InChI=1S/C11H15Cl2N3O/c1-6(11(2,3)4)14-10(17)7-5-8(12)15-16-9(7)13/h5-6H,1-4H3,(H,14,17). The second-order valence-electron chi connectivity index (χ2n) is 4.93. The molecule has 1 aromatic rings. The number of nitrogens with one attached hydrogen (secondary N) is 1. The normalized spacial score (nSPS) is 13.3. The summed E-state index contributed by atoms with van der Waals surface area (Å²) in [5.41, 5.74) is 0.203. The number of carbonyl (C=O) groups excluding carboxylic acids is 1. The highest BCUT2D eigenvalue weighted by molar-refractivity contribution is 6.34. The van der Waals surface area contributed by atoms with Gasteiger partial charge in [-0.15, -0.1) is 10.2 Å². The van der Waals surface area contributed by atoms with Gasteiger partial charge in [0, 0.05) is 6.04 Å². The fourth-order valence-corrected chi connectivity index (χ4v) is 1.33. The molecule has 1 heterocycles. The number of halogens is 2. The maximum absolute atomic E-state index is 12.0. The number of nitrogens with zero attached hydrogens (tertiary/aromatic N) is 2. The van der Waals surface area contributed by atoms with Gasteiger partial charge in [0.2, 0.25) is 0 Å². The lowest BCUT2D eigenvalue weighted by Crippen LogP contribution is -2.41. The van der Waals surface area contributed by atoms with Crippen molar-refractivity contribution in [3.63, 3.8) is 0 Å². The smallest absolute Gasteiger partial charge is 0.254 e. The minimum Gasteiger partial charge on any atom is -0.349 e. The summed E-state index contributed by atoms with van der Waals surface area (Å²) in [4.78, 5) is 12.0. The third-order valence-corrected chi connectivity index (χ3v) is 3.07. The van der Waals surface area contributed by atoms with Gasteiger partial charge in [-0.05, 0) is 18.4 Å². The van der Waals surface area contributed by atoms with Gasteiger partial charge in [0.25, 0.3) is 5.91 Å². The summed E-state index contributed by atoms with van der Waals surface area (Å²) in [5, 5.41) is 10.2. The molecule has 1 aromatic heterocycles. The van der Waals surface area contributed by atoms with E-state index in [4.69, 9.17) is 23.2 Å². The predicted octanol–water partition coefficient (Wildman–Crippen LogP) is 2.95. The average Bonchev–Trinajstić information content (AvgIpc) is 2.20. The maximum atomic E-state index is 12.0. The summed E-state index contributed by atoms with van der Waals surface area (Å²) in [5.74, 6) is -0.297. The SMILES string of the molecule is CC(NC(=O)c1cc(Cl)nnc1Cl)C(C)(C)C. The highest BCUT2D eigenvalue weighted by Crippen LogP contribution is 2.20. The Morgan fingerprint density at radius 3 is 2.47 bits per heavy atom. The van der Waals surface area contributed by atoms with Crippen LogP contribution in [0.25, 0.3) is 0 Å². The average molecular weight is 276 g/mol. The topological polar surface area (TPSA) is 54.9 Å². The molecule has 17 heavy (non-hydrogen) atoms. The molecule has 0 aliphatic heterocycles. The van der Waals surface area contributed by atoms with Crippen molar-refractivity contribution in [2.75, 3.05) is 0 Å². The Hall–Kier alpha value is -0.870. The van der Waals surface area contributed by atoms with Crippen molar-refractivity contribution < 1.29 is 4.79 Å². The maximum Gasteiger partial charge on any atom is 0.254 e. The molecule has 0 spiro atoms. The zero-order valence-corrected chi connectivity index (χ0v) is 11.7. The highest BCUT2D eigenvalue weighted by atomic mass is 35.5. The fourth-order valence-electron chi connectivity index (χ4n) is 1.00. The molecule has 0 saturated carbocycles. The van der Waals surface area contributed by atoms with Gasteiger partial charge in [-0.3, -0.25) is 4.79 Å². The van der Waals surface area contributed by atoms with Gasteiger partial charge in [0.1, 0.15) is 0 Å². The minimum absolute atomic E-state index is 0.00184. The van der Waals surface area contributed by atoms with E-state index in [2.05, 4.69) is 15.5 Å². The van der Waals surface area contributed by atoms with Crippen LogP contribution in [0.15, 0.2) is 6.07 Å². The van der Waals surface area contributed by atoms with Crippen molar-refractivity contribution in [2.45, 2.75) is 33.7 Å². The lowest BCUT2D eigenvalue weighted by Gasteiger charge is -2.28. The molecule has 4 nitrogen and oxygen atoms in total. The first-order chi connectivity index (χ1) is 7.71. The Morgan fingerprint density at radius 1 is 1.35 bits per heavy atom. The number of rotatable bonds is 2. The Bertz CT molecular complexity index is 429. The third kappa shape index (κ3) is 3.82. The molecule has 1 rings (SSSR count). The van der Waals surface area contributed by atoms with Crippen LogP contribution in [0.2, 0.25) is 10.3 Å². The number of hydrogen-bond donors (Lipinski definition) is 1. The van der Waals surface area contributed by atoms with E-state index >= 15 is 0 Å². The van der Waals surface area contributed by atoms with Crippen LogP contribution in [0, 0.1) is 5.41 Å². The predicted molar refractivity (Wildman–Crippen MR) is 68.4 cm³/mol. The van der Waals surface area contributed by atoms with Gasteiger partial charge in [0.15, 0.2) is 10.3 Å². The van der Waals surface area contributed by atoms with Crippen molar-refractivity contribution in [2.24, 2.45) is 5.41 Å². The molecule has 0 aliphatic carbocycles.